The number of halogens is 1. The van der Waals surface area contributed by atoms with E-state index >= 15 is 0 Å². The Hall–Kier alpha value is -2.28. The summed E-state index contributed by atoms with van der Waals surface area (Å²) < 4.78 is 0. The van der Waals surface area contributed by atoms with Gasteiger partial charge in [-0.2, -0.15) is 0 Å². The predicted molar refractivity (Wildman–Crippen MR) is 71.2 cm³/mol. The van der Waals surface area contributed by atoms with E-state index in [1.807, 2.05) is 0 Å². The summed E-state index contributed by atoms with van der Waals surface area (Å²) in [6, 6.07) is 2.35. The van der Waals surface area contributed by atoms with Crippen LogP contribution in [0.25, 0.3) is 0 Å². The molecule has 7 nitrogen and oxygen atoms in total. The van der Waals surface area contributed by atoms with Gasteiger partial charge in [0.05, 0.1) is 0 Å². The zero-order valence-corrected chi connectivity index (χ0v) is 11.8. The molecular weight excluding hydrogens is 302 g/mol. The highest BCUT2D eigenvalue weighted by Crippen LogP contribution is 2.31. The maximum absolute atomic E-state index is 12.4. The highest BCUT2D eigenvalue weighted by atomic mass is 35.5. The molecule has 1 unspecified atom stereocenters. The maximum atomic E-state index is 12.4. The number of rotatable bonds is 7. The van der Waals surface area contributed by atoms with Gasteiger partial charge < -0.3 is 10.2 Å². The zero-order valence-electron chi connectivity index (χ0n) is 11.0. The molecule has 1 aromatic heterocycles. The van der Waals surface area contributed by atoms with Crippen LogP contribution in [-0.4, -0.2) is 38.7 Å². The maximum Gasteiger partial charge on any atom is 0.325 e. The van der Waals surface area contributed by atoms with Crippen LogP contribution in [0.3, 0.4) is 0 Å². The summed E-state index contributed by atoms with van der Waals surface area (Å²) in [5.41, 5.74) is -2.55. The Morgan fingerprint density at radius 1 is 1.29 bits per heavy atom. The number of Topliss-reactive ketones (excluding diaryl/α,β-unsaturated/α-hetero) is 2. The van der Waals surface area contributed by atoms with E-state index in [-0.39, 0.29) is 10.7 Å². The molecule has 1 atom stereocenters. The molecule has 0 aliphatic heterocycles. The number of carbonyl (C=O) groups excluding carboxylic acids is 2. The van der Waals surface area contributed by atoms with Crippen molar-refractivity contribution in [2.45, 2.75) is 19.8 Å². The van der Waals surface area contributed by atoms with Gasteiger partial charge in [-0.25, -0.2) is 4.98 Å². The fraction of sp³-hybridized carbons (Fsp3) is 0.308. The van der Waals surface area contributed by atoms with E-state index < -0.39 is 41.8 Å². The Morgan fingerprint density at radius 3 is 2.33 bits per heavy atom. The molecule has 0 aromatic carbocycles. The molecule has 1 aromatic rings. The van der Waals surface area contributed by atoms with E-state index in [2.05, 4.69) is 4.98 Å². The van der Waals surface area contributed by atoms with E-state index in [9.17, 15) is 24.3 Å². The highest BCUT2D eigenvalue weighted by molar-refractivity contribution is 6.31. The molecule has 0 radical (unpaired) electrons. The molecule has 112 valence electrons. The van der Waals surface area contributed by atoms with E-state index in [1.165, 1.54) is 12.3 Å². The number of aromatic nitrogens is 1. The van der Waals surface area contributed by atoms with Gasteiger partial charge in [-0.3, -0.25) is 19.2 Å². The second-order valence-corrected chi connectivity index (χ2v) is 4.74. The molecule has 0 saturated heterocycles. The van der Waals surface area contributed by atoms with Gasteiger partial charge in [0, 0.05) is 18.2 Å². The third kappa shape index (κ3) is 3.43. The van der Waals surface area contributed by atoms with Gasteiger partial charge in [-0.05, 0) is 25.5 Å². The van der Waals surface area contributed by atoms with Gasteiger partial charge in [0.15, 0.2) is 17.0 Å². The summed E-state index contributed by atoms with van der Waals surface area (Å²) in [6.45, 7) is 0.941. The molecule has 1 heterocycles. The first-order chi connectivity index (χ1) is 9.71. The summed E-state index contributed by atoms with van der Waals surface area (Å²) in [5.74, 6) is -4.93. The number of aliphatic carboxylic acids is 2. The first-order valence-corrected chi connectivity index (χ1v) is 6.22. The Labute approximate surface area is 124 Å². The van der Waals surface area contributed by atoms with Gasteiger partial charge in [0.25, 0.3) is 0 Å². The van der Waals surface area contributed by atoms with E-state index in [0.29, 0.717) is 0 Å². The Morgan fingerprint density at radius 2 is 1.90 bits per heavy atom. The Bertz CT molecular complexity index is 598. The van der Waals surface area contributed by atoms with Crippen molar-refractivity contribution in [3.05, 3.63) is 29.0 Å². The number of hydrogen-bond donors (Lipinski definition) is 2. The molecule has 21 heavy (non-hydrogen) atoms. The van der Waals surface area contributed by atoms with Crippen LogP contribution >= 0.6 is 11.6 Å². The minimum Gasteiger partial charge on any atom is -0.481 e. The van der Waals surface area contributed by atoms with Crippen LogP contribution < -0.4 is 0 Å². The van der Waals surface area contributed by atoms with E-state index in [4.69, 9.17) is 16.7 Å². The normalized spacial score (nSPS) is 13.2. The van der Waals surface area contributed by atoms with Gasteiger partial charge in [-0.15, -0.1) is 0 Å². The second kappa shape index (κ2) is 6.45. The summed E-state index contributed by atoms with van der Waals surface area (Å²) >= 11 is 5.64. The molecule has 0 aliphatic carbocycles. The van der Waals surface area contributed by atoms with Crippen LogP contribution in [-0.2, 0) is 14.4 Å². The third-order valence-corrected chi connectivity index (χ3v) is 3.26. The standard InChI is InChI=1S/C13H12ClNO6/c1-7(16)13(12(20)21,4-2-10(17)18)11(19)8-3-5-15-9(14)6-8/h3,5-6H,2,4H2,1H3,(H,17,18)(H,20,21). The van der Waals surface area contributed by atoms with Crippen LogP contribution in [0, 0.1) is 5.41 Å². The van der Waals surface area contributed by atoms with Crippen LogP contribution in [0.5, 0.6) is 0 Å². The average molecular weight is 314 g/mol. The van der Waals surface area contributed by atoms with Crippen LogP contribution in [0.2, 0.25) is 5.15 Å². The van der Waals surface area contributed by atoms with Crippen LogP contribution in [0.4, 0.5) is 0 Å². The first kappa shape index (κ1) is 16.8. The molecule has 0 bridgehead atoms. The SMILES string of the molecule is CC(=O)C(CCC(=O)O)(C(=O)O)C(=O)c1ccnc(Cl)c1. The van der Waals surface area contributed by atoms with E-state index in [1.54, 1.807) is 0 Å². The first-order valence-electron chi connectivity index (χ1n) is 5.84. The number of nitrogens with zero attached hydrogens (tertiary/aromatic N) is 1. The van der Waals surface area contributed by atoms with Gasteiger partial charge in [-0.1, -0.05) is 11.6 Å². The number of carboxylic acids is 2. The summed E-state index contributed by atoms with van der Waals surface area (Å²) in [4.78, 5) is 50.0. The minimum absolute atomic E-state index is 0.0399. The molecule has 0 saturated carbocycles. The number of ketones is 2. The van der Waals surface area contributed by atoms with Crippen molar-refractivity contribution in [1.82, 2.24) is 4.98 Å². The molecule has 0 amide bonds. The third-order valence-electron chi connectivity index (χ3n) is 3.06. The number of hydrogen-bond acceptors (Lipinski definition) is 5. The fourth-order valence-corrected chi connectivity index (χ4v) is 2.06. The van der Waals surface area contributed by atoms with Gasteiger partial charge in [0.2, 0.25) is 0 Å². The molecule has 2 N–H and O–H groups in total. The lowest BCUT2D eigenvalue weighted by molar-refractivity contribution is -0.151. The summed E-state index contributed by atoms with van der Waals surface area (Å²) in [6.07, 6.45) is -0.0677. The second-order valence-electron chi connectivity index (χ2n) is 4.36. The summed E-state index contributed by atoms with van der Waals surface area (Å²) in [7, 11) is 0. The molecule has 8 heteroatoms. The minimum atomic E-state index is -2.44. The predicted octanol–water partition coefficient (Wildman–Crippen LogP) is 1.44. The van der Waals surface area contributed by atoms with Crippen molar-refractivity contribution in [3.63, 3.8) is 0 Å². The zero-order chi connectivity index (χ0) is 16.2. The molecule has 1 rings (SSSR count). The lowest BCUT2D eigenvalue weighted by Crippen LogP contribution is -2.45. The van der Waals surface area contributed by atoms with Gasteiger partial charge >= 0.3 is 11.9 Å². The van der Waals surface area contributed by atoms with Crippen molar-refractivity contribution in [3.8, 4) is 0 Å². The molecule has 0 fully saturated rings. The highest BCUT2D eigenvalue weighted by Gasteiger charge is 2.50. The lowest BCUT2D eigenvalue weighted by atomic mass is 9.73. The van der Waals surface area contributed by atoms with Crippen molar-refractivity contribution in [2.24, 2.45) is 5.41 Å². The molecule has 0 aliphatic rings. The molecular formula is C13H12ClNO6. The topological polar surface area (TPSA) is 122 Å². The van der Waals surface area contributed by atoms with E-state index in [0.717, 1.165) is 13.0 Å². The van der Waals surface area contributed by atoms with Crippen molar-refractivity contribution in [1.29, 1.82) is 0 Å². The van der Waals surface area contributed by atoms with Crippen LogP contribution in [0.1, 0.15) is 30.1 Å². The van der Waals surface area contributed by atoms with Crippen molar-refractivity contribution >= 4 is 35.1 Å². The fourth-order valence-electron chi connectivity index (χ4n) is 1.89. The number of pyridine rings is 1. The smallest absolute Gasteiger partial charge is 0.325 e. The largest absolute Gasteiger partial charge is 0.481 e. The van der Waals surface area contributed by atoms with Crippen molar-refractivity contribution in [2.75, 3.05) is 0 Å². The lowest BCUT2D eigenvalue weighted by Gasteiger charge is -2.24. The molecule has 0 spiro atoms. The number of carboxylic acid groups (broad SMARTS) is 2. The van der Waals surface area contributed by atoms with Crippen LogP contribution in [0.15, 0.2) is 18.3 Å². The Kier molecular flexibility index (Phi) is 5.15. The summed E-state index contributed by atoms with van der Waals surface area (Å²) in [5, 5.41) is 18.0. The Balaban J connectivity index is 3.34. The number of carbonyl (C=O) groups is 4. The van der Waals surface area contributed by atoms with Gasteiger partial charge in [0.1, 0.15) is 5.15 Å². The van der Waals surface area contributed by atoms with Crippen molar-refractivity contribution < 1.29 is 29.4 Å². The quantitative estimate of drug-likeness (QED) is 0.443. The monoisotopic (exact) mass is 313 g/mol. The average Bonchev–Trinajstić information content (AvgIpc) is 2.38.